The Labute approximate surface area is 174 Å². The van der Waals surface area contributed by atoms with Gasteiger partial charge in [-0.1, -0.05) is 43.8 Å². The minimum atomic E-state index is -0.241. The van der Waals surface area contributed by atoms with E-state index in [1.54, 1.807) is 23.1 Å². The zero-order valence-corrected chi connectivity index (χ0v) is 18.3. The first-order valence-corrected chi connectivity index (χ1v) is 11.5. The van der Waals surface area contributed by atoms with Gasteiger partial charge in [-0.2, -0.15) is 0 Å². The third kappa shape index (κ3) is 3.67. The molecule has 4 nitrogen and oxygen atoms in total. The van der Waals surface area contributed by atoms with Crippen molar-refractivity contribution in [3.05, 3.63) is 46.1 Å². The number of nitrogens with one attached hydrogen (secondary N) is 1. The van der Waals surface area contributed by atoms with E-state index in [1.165, 1.54) is 22.2 Å². The maximum absolute atomic E-state index is 12.9. The van der Waals surface area contributed by atoms with Crippen LogP contribution in [0.2, 0.25) is 0 Å². The Hall–Kier alpha value is -1.92. The molecule has 0 saturated heterocycles. The first-order chi connectivity index (χ1) is 13.4. The Bertz CT molecular complexity index is 1040. The van der Waals surface area contributed by atoms with Crippen molar-refractivity contribution in [3.63, 3.8) is 0 Å². The van der Waals surface area contributed by atoms with Crippen LogP contribution in [-0.2, 0) is 17.6 Å². The number of thioether (sulfide) groups is 1. The number of rotatable bonds is 5. The summed E-state index contributed by atoms with van der Waals surface area (Å²) in [5, 5.41) is 5.00. The van der Waals surface area contributed by atoms with Gasteiger partial charge in [0.15, 0.2) is 0 Å². The summed E-state index contributed by atoms with van der Waals surface area (Å²) in [6.45, 7) is 8.16. The Balaban J connectivity index is 1.59. The first-order valence-electron chi connectivity index (χ1n) is 9.79. The molecule has 4 rings (SSSR count). The fourth-order valence-corrected chi connectivity index (χ4v) is 6.11. The molecule has 146 valence electrons. The van der Waals surface area contributed by atoms with Crippen LogP contribution in [0.3, 0.4) is 0 Å². The number of thiophene rings is 1. The van der Waals surface area contributed by atoms with Crippen LogP contribution in [0.25, 0.3) is 10.2 Å². The number of para-hydroxylation sites is 1. The van der Waals surface area contributed by atoms with E-state index in [0.29, 0.717) is 5.92 Å². The van der Waals surface area contributed by atoms with Gasteiger partial charge in [-0.05, 0) is 56.2 Å². The summed E-state index contributed by atoms with van der Waals surface area (Å²) in [6, 6.07) is 8.03. The van der Waals surface area contributed by atoms with E-state index >= 15 is 0 Å². The average Bonchev–Trinajstić information content (AvgIpc) is 3.22. The van der Waals surface area contributed by atoms with Crippen LogP contribution in [0.4, 0.5) is 5.69 Å². The minimum Gasteiger partial charge on any atom is -0.325 e. The Morgan fingerprint density at radius 3 is 2.75 bits per heavy atom. The molecule has 1 N–H and O–H groups in total. The lowest BCUT2D eigenvalue weighted by Crippen LogP contribution is -2.23. The fraction of sp³-hybridized carbons (Fsp3) is 0.409. The summed E-state index contributed by atoms with van der Waals surface area (Å²) in [7, 11) is 0. The van der Waals surface area contributed by atoms with Gasteiger partial charge < -0.3 is 5.32 Å². The Morgan fingerprint density at radius 1 is 1.18 bits per heavy atom. The molecule has 0 fully saturated rings. The number of aromatic nitrogens is 2. The second-order valence-corrected chi connectivity index (χ2v) is 10.0. The van der Waals surface area contributed by atoms with E-state index < -0.39 is 0 Å². The highest BCUT2D eigenvalue weighted by Gasteiger charge is 2.25. The summed E-state index contributed by atoms with van der Waals surface area (Å²) in [6.07, 6.45) is 3.44. The van der Waals surface area contributed by atoms with Crippen LogP contribution in [0.1, 0.15) is 54.9 Å². The van der Waals surface area contributed by atoms with Crippen LogP contribution >= 0.6 is 23.1 Å². The van der Waals surface area contributed by atoms with Gasteiger partial charge in [-0.15, -0.1) is 11.3 Å². The lowest BCUT2D eigenvalue weighted by molar-refractivity contribution is -0.115. The summed E-state index contributed by atoms with van der Waals surface area (Å²) in [4.78, 5) is 24.8. The number of anilines is 1. The molecule has 2 aromatic heterocycles. The van der Waals surface area contributed by atoms with Crippen LogP contribution in [0.15, 0.2) is 29.3 Å². The van der Waals surface area contributed by atoms with Crippen molar-refractivity contribution in [2.45, 2.75) is 63.2 Å². The highest BCUT2D eigenvalue weighted by atomic mass is 32.2. The predicted molar refractivity (Wildman–Crippen MR) is 119 cm³/mol. The molecule has 28 heavy (non-hydrogen) atoms. The van der Waals surface area contributed by atoms with Crippen molar-refractivity contribution in [1.82, 2.24) is 9.97 Å². The standard InChI is InChI=1S/C22H25N3OS2/c1-12(2)15-8-5-6-10-17(15)25-20(26)13(3)27-21-19-16-9-7-11-18(16)28-22(19)24-14(4)23-21/h5-6,8,10,12-13H,7,9,11H2,1-4H3,(H,25,26)/t13-/m1/s1. The fourth-order valence-electron chi connectivity index (χ4n) is 3.72. The van der Waals surface area contributed by atoms with Crippen molar-refractivity contribution in [2.75, 3.05) is 5.32 Å². The van der Waals surface area contributed by atoms with Gasteiger partial charge in [0.2, 0.25) is 5.91 Å². The second-order valence-electron chi connectivity index (χ2n) is 7.60. The number of hydrogen-bond acceptors (Lipinski definition) is 5. The monoisotopic (exact) mass is 411 g/mol. The zero-order chi connectivity index (χ0) is 19.8. The molecule has 0 unspecified atom stereocenters. The SMILES string of the molecule is Cc1nc(S[C@H](C)C(=O)Nc2ccccc2C(C)C)c2c3c(sc2n1)CCC3. The van der Waals surface area contributed by atoms with Crippen molar-refractivity contribution < 1.29 is 4.79 Å². The first kappa shape index (κ1) is 19.4. The second kappa shape index (κ2) is 7.84. The van der Waals surface area contributed by atoms with E-state index in [4.69, 9.17) is 4.98 Å². The molecule has 1 amide bonds. The van der Waals surface area contributed by atoms with E-state index in [9.17, 15) is 4.79 Å². The van der Waals surface area contributed by atoms with Crippen LogP contribution in [-0.4, -0.2) is 21.1 Å². The molecule has 1 atom stereocenters. The minimum absolute atomic E-state index is 0.00869. The van der Waals surface area contributed by atoms with Gasteiger partial charge in [0, 0.05) is 16.0 Å². The van der Waals surface area contributed by atoms with E-state index in [2.05, 4.69) is 30.2 Å². The smallest absolute Gasteiger partial charge is 0.237 e. The average molecular weight is 412 g/mol. The largest absolute Gasteiger partial charge is 0.325 e. The number of fused-ring (bicyclic) bond motifs is 3. The third-order valence-corrected chi connectivity index (χ3v) is 7.41. The van der Waals surface area contributed by atoms with E-state index in [0.717, 1.165) is 39.8 Å². The van der Waals surface area contributed by atoms with Crippen molar-refractivity contribution >= 4 is 44.9 Å². The topological polar surface area (TPSA) is 54.9 Å². The molecule has 0 radical (unpaired) electrons. The van der Waals surface area contributed by atoms with Gasteiger partial charge in [0.05, 0.1) is 5.25 Å². The lowest BCUT2D eigenvalue weighted by Gasteiger charge is -2.16. The van der Waals surface area contributed by atoms with Gasteiger partial charge in [0.25, 0.3) is 0 Å². The summed E-state index contributed by atoms with van der Waals surface area (Å²) < 4.78 is 0. The van der Waals surface area contributed by atoms with Crippen molar-refractivity contribution in [2.24, 2.45) is 0 Å². The molecule has 1 aromatic carbocycles. The van der Waals surface area contributed by atoms with Gasteiger partial charge in [-0.25, -0.2) is 9.97 Å². The van der Waals surface area contributed by atoms with Crippen molar-refractivity contribution in [3.8, 4) is 0 Å². The molecule has 1 aliphatic carbocycles. The van der Waals surface area contributed by atoms with Crippen LogP contribution in [0, 0.1) is 6.92 Å². The van der Waals surface area contributed by atoms with E-state index in [-0.39, 0.29) is 11.2 Å². The van der Waals surface area contributed by atoms with Gasteiger partial charge in [-0.3, -0.25) is 4.79 Å². The molecular weight excluding hydrogens is 386 g/mol. The molecule has 0 bridgehead atoms. The number of benzene rings is 1. The number of carbonyl (C=O) groups excluding carboxylic acids is 1. The number of carbonyl (C=O) groups is 1. The molecule has 1 aliphatic rings. The van der Waals surface area contributed by atoms with Crippen LogP contribution in [0.5, 0.6) is 0 Å². The van der Waals surface area contributed by atoms with Crippen molar-refractivity contribution in [1.29, 1.82) is 0 Å². The van der Waals surface area contributed by atoms with Gasteiger partial charge >= 0.3 is 0 Å². The molecule has 2 heterocycles. The highest BCUT2D eigenvalue weighted by Crippen LogP contribution is 2.41. The molecule has 0 spiro atoms. The highest BCUT2D eigenvalue weighted by molar-refractivity contribution is 8.00. The Kier molecular flexibility index (Phi) is 5.43. The molecule has 6 heteroatoms. The summed E-state index contributed by atoms with van der Waals surface area (Å²) in [5.41, 5.74) is 3.46. The zero-order valence-electron chi connectivity index (χ0n) is 16.7. The predicted octanol–water partition coefficient (Wildman–Crippen LogP) is 5.73. The number of hydrogen-bond donors (Lipinski definition) is 1. The number of aryl methyl sites for hydroxylation is 3. The van der Waals surface area contributed by atoms with Gasteiger partial charge in [0.1, 0.15) is 15.7 Å². The van der Waals surface area contributed by atoms with E-state index in [1.807, 2.05) is 32.0 Å². The Morgan fingerprint density at radius 2 is 1.96 bits per heavy atom. The number of nitrogens with zero attached hydrogens (tertiary/aromatic N) is 2. The van der Waals surface area contributed by atoms with Crippen LogP contribution < -0.4 is 5.32 Å². The molecular formula is C22H25N3OS2. The quantitative estimate of drug-likeness (QED) is 0.430. The number of amides is 1. The summed E-state index contributed by atoms with van der Waals surface area (Å²) >= 11 is 3.34. The summed E-state index contributed by atoms with van der Waals surface area (Å²) in [5.74, 6) is 1.14. The molecule has 0 saturated carbocycles. The molecule has 0 aliphatic heterocycles. The normalized spacial score (nSPS) is 14.5. The maximum atomic E-state index is 12.9. The molecule has 3 aromatic rings. The third-order valence-electron chi connectivity index (χ3n) is 5.14. The lowest BCUT2D eigenvalue weighted by atomic mass is 10.0. The maximum Gasteiger partial charge on any atom is 0.237 e.